The van der Waals surface area contributed by atoms with Crippen LogP contribution >= 0.6 is 0 Å². The number of ketones is 1. The second-order valence-electron chi connectivity index (χ2n) is 11.1. The molecule has 0 amide bonds. The Balaban J connectivity index is 4.72. The minimum Gasteiger partial charge on any atom is -0.392 e. The highest BCUT2D eigenvalue weighted by Crippen LogP contribution is 2.37. The van der Waals surface area contributed by atoms with E-state index in [2.05, 4.69) is 27.4 Å². The summed E-state index contributed by atoms with van der Waals surface area (Å²) in [6, 6.07) is 0. The molecule has 2 unspecified atom stereocenters. The highest BCUT2D eigenvalue weighted by atomic mass is 16.3. The van der Waals surface area contributed by atoms with E-state index < -0.39 is 23.7 Å². The van der Waals surface area contributed by atoms with Crippen LogP contribution in [0.2, 0.25) is 0 Å². The normalized spacial score (nSPS) is 21.6. The molecular formula is C26H50O4. The molecule has 0 saturated heterocycles. The van der Waals surface area contributed by atoms with E-state index in [0.717, 1.165) is 32.1 Å². The lowest BCUT2D eigenvalue weighted by Crippen LogP contribution is -2.48. The van der Waals surface area contributed by atoms with Crippen molar-refractivity contribution in [2.75, 3.05) is 0 Å². The Morgan fingerprint density at radius 2 is 1.50 bits per heavy atom. The lowest BCUT2D eigenvalue weighted by molar-refractivity contribution is -0.122. The molecule has 0 saturated carbocycles. The molecule has 8 atom stereocenters. The molecule has 3 N–H and O–H groups in total. The highest BCUT2D eigenvalue weighted by Gasteiger charge is 2.38. The summed E-state index contributed by atoms with van der Waals surface area (Å²) in [5.41, 5.74) is -1.03. The molecule has 4 nitrogen and oxygen atoms in total. The SMILES string of the molecule is C=CC(=O)C(C)[C@@H](O)[C@H](C)CC(C)(C)C[C@@H](C)CCC(C)[C@H](O)[C@](C)(O)[C@H](C)CC. The Labute approximate surface area is 186 Å². The zero-order chi connectivity index (χ0) is 23.9. The predicted octanol–water partition coefficient (Wildman–Crippen LogP) is 5.39. The van der Waals surface area contributed by atoms with Crippen molar-refractivity contribution < 1.29 is 20.1 Å². The van der Waals surface area contributed by atoms with Crippen molar-refractivity contribution in [1.29, 1.82) is 0 Å². The zero-order valence-electron chi connectivity index (χ0n) is 21.1. The van der Waals surface area contributed by atoms with Gasteiger partial charge < -0.3 is 15.3 Å². The molecule has 30 heavy (non-hydrogen) atoms. The standard InChI is InChI=1S/C26H50O4/c1-11-20(6)26(10,30)24(29)18(4)14-13-17(3)15-25(8,9)16-19(5)23(28)21(7)22(27)12-2/h12,17-21,23-24,28-30H,2,11,13-16H2,1,3-10H3/t17-,18?,19+,20+,21?,23-,24-,26+/m0/s1. The molecule has 4 heteroatoms. The maximum atomic E-state index is 11.8. The first-order valence-corrected chi connectivity index (χ1v) is 11.8. The number of aliphatic hydroxyl groups is 3. The Morgan fingerprint density at radius 3 is 1.97 bits per heavy atom. The van der Waals surface area contributed by atoms with Crippen molar-refractivity contribution in [2.45, 2.75) is 112 Å². The van der Waals surface area contributed by atoms with Gasteiger partial charge in [0.2, 0.25) is 0 Å². The fourth-order valence-corrected chi connectivity index (χ4v) is 4.95. The van der Waals surface area contributed by atoms with Gasteiger partial charge in [-0.2, -0.15) is 0 Å². The summed E-state index contributed by atoms with van der Waals surface area (Å²) in [6.45, 7) is 21.8. The molecule has 0 radical (unpaired) electrons. The molecule has 0 aliphatic heterocycles. The number of rotatable bonds is 15. The molecule has 0 aromatic carbocycles. The molecule has 0 rings (SSSR count). The second-order valence-corrected chi connectivity index (χ2v) is 11.1. The van der Waals surface area contributed by atoms with Gasteiger partial charge in [0.25, 0.3) is 0 Å². The van der Waals surface area contributed by atoms with Crippen molar-refractivity contribution in [3.63, 3.8) is 0 Å². The van der Waals surface area contributed by atoms with E-state index in [-0.39, 0.29) is 29.0 Å². The number of carbonyl (C=O) groups excluding carboxylic acids is 1. The van der Waals surface area contributed by atoms with Gasteiger partial charge in [0.1, 0.15) is 0 Å². The summed E-state index contributed by atoms with van der Waals surface area (Å²) in [6.07, 6.45) is 4.45. The summed E-state index contributed by atoms with van der Waals surface area (Å²) in [5, 5.41) is 31.9. The van der Waals surface area contributed by atoms with Gasteiger partial charge >= 0.3 is 0 Å². The molecule has 178 valence electrons. The zero-order valence-corrected chi connectivity index (χ0v) is 21.1. The highest BCUT2D eigenvalue weighted by molar-refractivity contribution is 5.91. The molecule has 0 aliphatic rings. The first-order chi connectivity index (χ1) is 13.6. The van der Waals surface area contributed by atoms with Gasteiger partial charge in [-0.3, -0.25) is 4.79 Å². The van der Waals surface area contributed by atoms with Crippen LogP contribution in [-0.4, -0.2) is 38.9 Å². The fourth-order valence-electron chi connectivity index (χ4n) is 4.95. The van der Waals surface area contributed by atoms with Crippen LogP contribution in [0, 0.1) is 35.0 Å². The van der Waals surface area contributed by atoms with Gasteiger partial charge in [0.05, 0.1) is 17.8 Å². The third-order valence-corrected chi connectivity index (χ3v) is 7.38. The van der Waals surface area contributed by atoms with Gasteiger partial charge in [-0.05, 0) is 61.3 Å². The topological polar surface area (TPSA) is 77.8 Å². The van der Waals surface area contributed by atoms with Crippen LogP contribution in [0.1, 0.15) is 94.4 Å². The Hall–Kier alpha value is -0.710. The van der Waals surface area contributed by atoms with Gasteiger partial charge in [0.15, 0.2) is 5.78 Å². The Bertz CT molecular complexity index is 525. The summed E-state index contributed by atoms with van der Waals surface area (Å²) in [7, 11) is 0. The maximum absolute atomic E-state index is 11.8. The van der Waals surface area contributed by atoms with Crippen LogP contribution in [0.25, 0.3) is 0 Å². The van der Waals surface area contributed by atoms with Crippen molar-refractivity contribution in [1.82, 2.24) is 0 Å². The number of aliphatic hydroxyl groups excluding tert-OH is 2. The van der Waals surface area contributed by atoms with E-state index in [4.69, 9.17) is 0 Å². The van der Waals surface area contributed by atoms with E-state index in [1.54, 1.807) is 13.8 Å². The average molecular weight is 427 g/mol. The smallest absolute Gasteiger partial charge is 0.160 e. The fraction of sp³-hybridized carbons (Fsp3) is 0.885. The molecule has 0 spiro atoms. The van der Waals surface area contributed by atoms with E-state index in [1.165, 1.54) is 6.08 Å². The van der Waals surface area contributed by atoms with Crippen LogP contribution in [0.3, 0.4) is 0 Å². The second kappa shape index (κ2) is 12.4. The summed E-state index contributed by atoms with van der Waals surface area (Å²) in [5.74, 6) is 0.0469. The van der Waals surface area contributed by atoms with Crippen LogP contribution in [0.5, 0.6) is 0 Å². The van der Waals surface area contributed by atoms with Gasteiger partial charge in [0, 0.05) is 5.92 Å². The minimum absolute atomic E-state index is 0.0254. The van der Waals surface area contributed by atoms with Crippen LogP contribution in [-0.2, 0) is 4.79 Å². The van der Waals surface area contributed by atoms with Gasteiger partial charge in [-0.1, -0.05) is 74.8 Å². The maximum Gasteiger partial charge on any atom is 0.160 e. The van der Waals surface area contributed by atoms with Gasteiger partial charge in [-0.15, -0.1) is 0 Å². The van der Waals surface area contributed by atoms with Crippen molar-refractivity contribution in [2.24, 2.45) is 35.0 Å². The van der Waals surface area contributed by atoms with Crippen molar-refractivity contribution in [3.8, 4) is 0 Å². The van der Waals surface area contributed by atoms with Crippen molar-refractivity contribution >= 4 is 5.78 Å². The lowest BCUT2D eigenvalue weighted by atomic mass is 9.72. The number of hydrogen-bond acceptors (Lipinski definition) is 4. The molecule has 0 bridgehead atoms. The van der Waals surface area contributed by atoms with E-state index in [9.17, 15) is 20.1 Å². The van der Waals surface area contributed by atoms with Crippen LogP contribution < -0.4 is 0 Å². The molecule has 0 aliphatic carbocycles. The quantitative estimate of drug-likeness (QED) is 0.307. The lowest BCUT2D eigenvalue weighted by Gasteiger charge is -2.38. The monoisotopic (exact) mass is 426 g/mol. The number of allylic oxidation sites excluding steroid dienone is 1. The summed E-state index contributed by atoms with van der Waals surface area (Å²) in [4.78, 5) is 11.8. The Morgan fingerprint density at radius 1 is 0.967 bits per heavy atom. The van der Waals surface area contributed by atoms with E-state index in [1.807, 2.05) is 27.7 Å². The third-order valence-electron chi connectivity index (χ3n) is 7.38. The molecule has 0 aromatic heterocycles. The number of carbonyl (C=O) groups is 1. The Kier molecular flexibility index (Phi) is 12.1. The molecular weight excluding hydrogens is 376 g/mol. The molecule has 0 aromatic rings. The van der Waals surface area contributed by atoms with E-state index >= 15 is 0 Å². The first-order valence-electron chi connectivity index (χ1n) is 11.8. The predicted molar refractivity (Wildman–Crippen MR) is 126 cm³/mol. The average Bonchev–Trinajstić information content (AvgIpc) is 2.67. The molecule has 0 heterocycles. The largest absolute Gasteiger partial charge is 0.392 e. The van der Waals surface area contributed by atoms with Crippen LogP contribution in [0.4, 0.5) is 0 Å². The van der Waals surface area contributed by atoms with Gasteiger partial charge in [-0.25, -0.2) is 0 Å². The van der Waals surface area contributed by atoms with Crippen molar-refractivity contribution in [3.05, 3.63) is 12.7 Å². The van der Waals surface area contributed by atoms with E-state index in [0.29, 0.717) is 5.92 Å². The third kappa shape index (κ3) is 8.80. The summed E-state index contributed by atoms with van der Waals surface area (Å²) < 4.78 is 0. The van der Waals surface area contributed by atoms with Crippen LogP contribution in [0.15, 0.2) is 12.7 Å². The number of hydrogen-bond donors (Lipinski definition) is 3. The minimum atomic E-state index is -1.07. The molecule has 0 fully saturated rings. The summed E-state index contributed by atoms with van der Waals surface area (Å²) >= 11 is 0. The first kappa shape index (κ1) is 29.3.